The lowest BCUT2D eigenvalue weighted by atomic mass is 9.92. The minimum atomic E-state index is -1.07. The maximum atomic E-state index is 14.2. The zero-order valence-corrected chi connectivity index (χ0v) is 45.1. The molecular formula is C55H83Cl2N7O7S2. The summed E-state index contributed by atoms with van der Waals surface area (Å²) in [4.78, 5) is 58.5. The monoisotopic (exact) mass is 1090 g/mol. The van der Waals surface area contributed by atoms with E-state index in [9.17, 15) is 19.2 Å². The molecule has 0 spiro atoms. The van der Waals surface area contributed by atoms with Crippen LogP contribution in [0.15, 0.2) is 97.1 Å². The molecule has 0 unspecified atom stereocenters. The van der Waals surface area contributed by atoms with E-state index in [0.717, 1.165) is 56.6 Å². The Kier molecular flexibility index (Phi) is 34.1. The Morgan fingerprint density at radius 2 is 1.15 bits per heavy atom. The molecule has 3 amide bonds. The number of rotatable bonds is 26. The van der Waals surface area contributed by atoms with Gasteiger partial charge in [0, 0.05) is 11.1 Å². The van der Waals surface area contributed by atoms with Crippen molar-refractivity contribution in [2.45, 2.75) is 119 Å². The van der Waals surface area contributed by atoms with Crippen LogP contribution in [0.2, 0.25) is 0 Å². The summed E-state index contributed by atoms with van der Waals surface area (Å²) in [7, 11) is 0. The zero-order valence-electron chi connectivity index (χ0n) is 41.6. The van der Waals surface area contributed by atoms with Crippen molar-refractivity contribution in [3.05, 3.63) is 108 Å². The number of fused-ring (bicyclic) bond motifs is 2. The number of carbonyl (C=O) groups excluding carboxylic acids is 4. The van der Waals surface area contributed by atoms with E-state index in [-0.39, 0.29) is 98.0 Å². The van der Waals surface area contributed by atoms with Crippen molar-refractivity contribution in [1.29, 1.82) is 0 Å². The zero-order chi connectivity index (χ0) is 48.3. The molecule has 0 aromatic heterocycles. The third-order valence-electron chi connectivity index (χ3n) is 11.4. The molecule has 0 heterocycles. The van der Waals surface area contributed by atoms with E-state index in [1.807, 2.05) is 106 Å². The van der Waals surface area contributed by atoms with Gasteiger partial charge in [-0.05, 0) is 103 Å². The number of esters is 1. The largest absolute Gasteiger partial charge is 1.00 e. The number of hydrogen-bond acceptors (Lipinski definition) is 7. The quantitative estimate of drug-likeness (QED) is 0.0172. The van der Waals surface area contributed by atoms with E-state index in [4.69, 9.17) is 25.7 Å². The number of hydrogen-bond donors (Lipinski definition) is 7. The molecule has 0 bridgehead atoms. The van der Waals surface area contributed by atoms with E-state index in [1.165, 1.54) is 0 Å². The van der Waals surface area contributed by atoms with Crippen molar-refractivity contribution in [1.82, 2.24) is 16.0 Å². The summed E-state index contributed by atoms with van der Waals surface area (Å²) in [5.74, 6) is -0.512. The van der Waals surface area contributed by atoms with Gasteiger partial charge in [0.25, 0.3) is 5.91 Å². The Labute approximate surface area is 460 Å². The number of amides is 3. The summed E-state index contributed by atoms with van der Waals surface area (Å²) in [6, 6.07) is 28.6. The van der Waals surface area contributed by atoms with Gasteiger partial charge in [-0.1, -0.05) is 133 Å². The lowest BCUT2D eigenvalue weighted by Crippen LogP contribution is -3.00. The fourth-order valence-electron chi connectivity index (χ4n) is 7.81. The van der Waals surface area contributed by atoms with Gasteiger partial charge in [0.2, 0.25) is 11.8 Å². The van der Waals surface area contributed by atoms with Crippen molar-refractivity contribution in [2.75, 3.05) is 26.3 Å². The number of carbonyl (C=O) groups is 4. The van der Waals surface area contributed by atoms with Crippen LogP contribution in [0.1, 0.15) is 98.6 Å². The molecule has 14 nitrogen and oxygen atoms in total. The smallest absolute Gasteiger partial charge is 0.338 e. The summed E-state index contributed by atoms with van der Waals surface area (Å²) in [5, 5.41) is 12.6. The van der Waals surface area contributed by atoms with Gasteiger partial charge < -0.3 is 60.7 Å². The number of benzene rings is 5. The van der Waals surface area contributed by atoms with Crippen LogP contribution in [-0.2, 0) is 30.5 Å². The standard InChI is InChI=1S/C53H69N7O7.2CH4.2ClH.2H2S/c1-34(2)27-30-65-45-25-23-38-13-6-8-15-40(38)48(45)49-41-16-9-7-14-39(41)24-26-46(49)66-33-47(61)58-42(17-10-11-28-54)50(62)59-43(18-12-29-57-53(55)56)51(63)60-44(31-35(3)4)52(64)67-32-37-21-19-36(5)20-22-37;;;;;;/h6-9,13-16,19-26,34-35,42-44H,10-12,17-18,27-33,54H2,1-5H3,(H,58,61)(H,59,62)(H,60,63)(H4,55,56,57);2*1H4;2*1H;2*1H2/t42-,43-,44+;;;;;;/m1....../s1. The second-order valence-electron chi connectivity index (χ2n) is 18.0. The molecule has 3 atom stereocenters. The maximum absolute atomic E-state index is 14.2. The second-order valence-corrected chi connectivity index (χ2v) is 18.0. The minimum Gasteiger partial charge on any atom is -1.00 e. The summed E-state index contributed by atoms with van der Waals surface area (Å²) < 4.78 is 18.6. The van der Waals surface area contributed by atoms with Crippen molar-refractivity contribution < 1.29 is 68.9 Å². The topological polar surface area (TPSA) is 226 Å². The first-order valence-corrected chi connectivity index (χ1v) is 23.6. The van der Waals surface area contributed by atoms with Crippen LogP contribution in [0.4, 0.5) is 0 Å². The predicted octanol–water partition coefficient (Wildman–Crippen LogP) is 0.0682. The molecule has 0 aliphatic carbocycles. The first kappa shape index (κ1) is 69.7. The van der Waals surface area contributed by atoms with Crippen LogP contribution in [0.3, 0.4) is 0 Å². The molecule has 11 N–H and O–H groups in total. The number of nitrogens with one attached hydrogen (secondary N) is 4. The number of quaternary nitrogens is 1. The third kappa shape index (κ3) is 21.9. The second kappa shape index (κ2) is 35.7. The molecule has 406 valence electrons. The van der Waals surface area contributed by atoms with E-state index >= 15 is 0 Å². The molecule has 0 saturated heterocycles. The van der Waals surface area contributed by atoms with Crippen LogP contribution in [0, 0.1) is 18.8 Å². The van der Waals surface area contributed by atoms with Crippen molar-refractivity contribution in [3.8, 4) is 22.6 Å². The number of halogens is 2. The van der Waals surface area contributed by atoms with Gasteiger partial charge in [-0.15, -0.1) is 0 Å². The van der Waals surface area contributed by atoms with E-state index in [2.05, 4.69) is 52.7 Å². The molecule has 18 heteroatoms. The van der Waals surface area contributed by atoms with Crippen LogP contribution < -0.4 is 72.4 Å². The lowest BCUT2D eigenvalue weighted by molar-refractivity contribution is -0.459. The molecule has 73 heavy (non-hydrogen) atoms. The SMILES string of the molecule is C.C.Cc1ccc(COC(=O)[C@H](CC(C)C)NC(=O)[C@@H](CCC[NH+]=C(N)N)NC(=O)[C@@H](CCCC[NH3+])NC(=O)COc2ccc3ccccc3c2-c2c(OCCC(C)C)ccc3ccccc23)cc1.S.S.[Cl-].[Cl-]. The highest BCUT2D eigenvalue weighted by atomic mass is 35.5. The third-order valence-corrected chi connectivity index (χ3v) is 11.4. The molecule has 0 fully saturated rings. The van der Waals surface area contributed by atoms with Crippen molar-refractivity contribution in [2.24, 2.45) is 23.3 Å². The summed E-state index contributed by atoms with van der Waals surface area (Å²) in [6.45, 7) is 11.3. The Hall–Kier alpha value is -5.39. The molecule has 0 aliphatic heterocycles. The van der Waals surface area contributed by atoms with Gasteiger partial charge in [-0.2, -0.15) is 27.0 Å². The number of guanidine groups is 1. The van der Waals surface area contributed by atoms with Gasteiger partial charge >= 0.3 is 11.9 Å². The summed E-state index contributed by atoms with van der Waals surface area (Å²) in [6.07, 6.45) is 3.36. The Balaban J connectivity index is 0. The van der Waals surface area contributed by atoms with E-state index in [0.29, 0.717) is 56.4 Å². The molecule has 0 aliphatic rings. The van der Waals surface area contributed by atoms with Gasteiger partial charge in [0.1, 0.15) is 36.2 Å². The lowest BCUT2D eigenvalue weighted by Gasteiger charge is -2.26. The fourth-order valence-corrected chi connectivity index (χ4v) is 7.81. The number of unbranched alkanes of at least 4 members (excludes halogenated alkanes) is 1. The highest BCUT2D eigenvalue weighted by Crippen LogP contribution is 2.45. The Morgan fingerprint density at radius 3 is 1.68 bits per heavy atom. The average molecular weight is 1090 g/mol. The van der Waals surface area contributed by atoms with Crippen LogP contribution in [0.25, 0.3) is 32.7 Å². The Morgan fingerprint density at radius 1 is 0.630 bits per heavy atom. The van der Waals surface area contributed by atoms with Gasteiger partial charge in [-0.25, -0.2) is 4.79 Å². The normalized spacial score (nSPS) is 11.6. The number of nitrogens with two attached hydrogens (primary N) is 2. The number of ether oxygens (including phenoxy) is 3. The summed E-state index contributed by atoms with van der Waals surface area (Å²) in [5.41, 5.74) is 18.7. The highest BCUT2D eigenvalue weighted by molar-refractivity contribution is 7.59. The molecule has 0 radical (unpaired) electrons. The summed E-state index contributed by atoms with van der Waals surface area (Å²) >= 11 is 0. The van der Waals surface area contributed by atoms with Crippen LogP contribution in [-0.4, -0.2) is 74.1 Å². The molecule has 5 aromatic rings. The first-order valence-electron chi connectivity index (χ1n) is 23.6. The number of aryl methyl sites for hydroxylation is 1. The minimum absolute atomic E-state index is 0. The van der Waals surface area contributed by atoms with Crippen LogP contribution >= 0.6 is 27.0 Å². The van der Waals surface area contributed by atoms with Gasteiger partial charge in [-0.3, -0.25) is 30.8 Å². The first-order chi connectivity index (χ1) is 32.2. The van der Waals surface area contributed by atoms with Crippen molar-refractivity contribution >= 4 is 78.2 Å². The fraction of sp³-hybridized carbons (Fsp3) is 0.436. The van der Waals surface area contributed by atoms with Crippen LogP contribution in [0.5, 0.6) is 11.5 Å². The van der Waals surface area contributed by atoms with Gasteiger partial charge in [0.05, 0.1) is 19.7 Å². The molecule has 5 rings (SSSR count). The van der Waals surface area contributed by atoms with Gasteiger partial charge in [0.15, 0.2) is 6.61 Å². The average Bonchev–Trinajstić information content (AvgIpc) is 3.30. The highest BCUT2D eigenvalue weighted by Gasteiger charge is 2.31. The molecule has 5 aromatic carbocycles. The van der Waals surface area contributed by atoms with Crippen molar-refractivity contribution in [3.63, 3.8) is 0 Å². The van der Waals surface area contributed by atoms with E-state index in [1.54, 1.807) is 0 Å². The maximum Gasteiger partial charge on any atom is 0.338 e. The molecular weight excluding hydrogens is 1010 g/mol. The molecule has 0 saturated carbocycles. The Bertz CT molecular complexity index is 2480. The predicted molar refractivity (Wildman–Crippen MR) is 298 cm³/mol. The van der Waals surface area contributed by atoms with E-state index < -0.39 is 48.4 Å².